The van der Waals surface area contributed by atoms with Crippen molar-refractivity contribution in [3.63, 3.8) is 0 Å². The summed E-state index contributed by atoms with van der Waals surface area (Å²) in [7, 11) is -2.36. The van der Waals surface area contributed by atoms with Gasteiger partial charge in [0.2, 0.25) is 10.0 Å². The first-order valence-corrected chi connectivity index (χ1v) is 10.5. The lowest BCUT2D eigenvalue weighted by atomic mass is 10.0. The highest BCUT2D eigenvalue weighted by Gasteiger charge is 2.33. The van der Waals surface area contributed by atoms with E-state index in [1.165, 1.54) is 31.3 Å². The maximum Gasteiger partial charge on any atom is 0.417 e. The molecule has 0 aliphatic carbocycles. The molecule has 0 saturated carbocycles. The minimum atomic E-state index is -4.71. The first-order chi connectivity index (χ1) is 14.5. The SMILES string of the molecule is CN(CCC#N)S(=O)(=O)c1ccc(Cc2ccc3oc(=O)cc(C(F)(F)F)c3c2)cc1. The van der Waals surface area contributed by atoms with Gasteiger partial charge in [0.05, 0.1) is 16.5 Å². The zero-order chi connectivity index (χ0) is 22.8. The molecule has 3 aromatic rings. The maximum absolute atomic E-state index is 13.3. The summed E-state index contributed by atoms with van der Waals surface area (Å²) < 4.78 is 70.8. The van der Waals surface area contributed by atoms with Crippen molar-refractivity contribution >= 4 is 21.0 Å². The number of sulfonamides is 1. The van der Waals surface area contributed by atoms with Gasteiger partial charge >= 0.3 is 11.8 Å². The van der Waals surface area contributed by atoms with Crippen molar-refractivity contribution in [2.24, 2.45) is 0 Å². The summed E-state index contributed by atoms with van der Waals surface area (Å²) >= 11 is 0. The number of fused-ring (bicyclic) bond motifs is 1. The number of nitriles is 1. The highest BCUT2D eigenvalue weighted by Crippen LogP contribution is 2.34. The Labute approximate surface area is 176 Å². The van der Waals surface area contributed by atoms with Gasteiger partial charge in [0.1, 0.15) is 5.58 Å². The largest absolute Gasteiger partial charge is 0.423 e. The Bertz CT molecular complexity index is 1310. The van der Waals surface area contributed by atoms with Crippen LogP contribution in [-0.4, -0.2) is 26.3 Å². The van der Waals surface area contributed by atoms with Crippen LogP contribution in [0.25, 0.3) is 11.0 Å². The number of hydrogen-bond acceptors (Lipinski definition) is 5. The van der Waals surface area contributed by atoms with Crippen LogP contribution in [0, 0.1) is 11.3 Å². The molecule has 0 radical (unpaired) electrons. The predicted octanol–water partition coefficient (Wildman–Crippen LogP) is 3.94. The summed E-state index contributed by atoms with van der Waals surface area (Å²) in [4.78, 5) is 11.5. The predicted molar refractivity (Wildman–Crippen MR) is 107 cm³/mol. The summed E-state index contributed by atoms with van der Waals surface area (Å²) in [6, 6.07) is 12.4. The molecule has 2 aromatic carbocycles. The summed E-state index contributed by atoms with van der Waals surface area (Å²) in [5.74, 6) is 0. The van der Waals surface area contributed by atoms with Gasteiger partial charge < -0.3 is 4.42 Å². The number of alkyl halides is 3. The van der Waals surface area contributed by atoms with Crippen LogP contribution < -0.4 is 5.63 Å². The van der Waals surface area contributed by atoms with Crippen LogP contribution in [0.3, 0.4) is 0 Å². The molecule has 3 rings (SSSR count). The molecule has 0 aliphatic rings. The third-order valence-corrected chi connectivity index (χ3v) is 6.56. The van der Waals surface area contributed by atoms with Gasteiger partial charge in [-0.25, -0.2) is 13.2 Å². The quantitative estimate of drug-likeness (QED) is 0.531. The standard InChI is InChI=1S/C21H17F3N2O4S/c1-26(10-2-9-25)31(28,29)16-6-3-14(4-7-16)11-15-5-8-19-17(12-15)18(21(22,23)24)13-20(27)30-19/h3-8,12-13H,2,10-11H2,1H3. The molecule has 6 nitrogen and oxygen atoms in total. The van der Waals surface area contributed by atoms with E-state index in [1.807, 2.05) is 6.07 Å². The third kappa shape index (κ3) is 4.95. The van der Waals surface area contributed by atoms with Crippen molar-refractivity contribution in [2.75, 3.05) is 13.6 Å². The molecule has 0 saturated heterocycles. The topological polar surface area (TPSA) is 91.4 Å². The molecule has 1 aromatic heterocycles. The fraction of sp³-hybridized carbons (Fsp3) is 0.238. The van der Waals surface area contributed by atoms with E-state index in [4.69, 9.17) is 9.68 Å². The lowest BCUT2D eigenvalue weighted by Crippen LogP contribution is -2.27. The van der Waals surface area contributed by atoms with E-state index in [0.29, 0.717) is 17.2 Å². The highest BCUT2D eigenvalue weighted by atomic mass is 32.2. The van der Waals surface area contributed by atoms with E-state index >= 15 is 0 Å². The van der Waals surface area contributed by atoms with Crippen LogP contribution in [0.1, 0.15) is 23.1 Å². The third-order valence-electron chi connectivity index (χ3n) is 4.69. The average molecular weight is 450 g/mol. The van der Waals surface area contributed by atoms with Crippen molar-refractivity contribution in [3.05, 3.63) is 75.6 Å². The van der Waals surface area contributed by atoms with Crippen LogP contribution in [0.5, 0.6) is 0 Å². The lowest BCUT2D eigenvalue weighted by Gasteiger charge is -2.16. The lowest BCUT2D eigenvalue weighted by molar-refractivity contribution is -0.136. The van der Waals surface area contributed by atoms with E-state index < -0.39 is 27.4 Å². The van der Waals surface area contributed by atoms with Crippen LogP contribution in [-0.2, 0) is 22.6 Å². The Morgan fingerprint density at radius 1 is 1.06 bits per heavy atom. The molecule has 1 heterocycles. The molecule has 10 heteroatoms. The van der Waals surface area contributed by atoms with Gasteiger partial charge in [-0.15, -0.1) is 0 Å². The van der Waals surface area contributed by atoms with Gasteiger partial charge in [0.25, 0.3) is 0 Å². The molecule has 31 heavy (non-hydrogen) atoms. The number of hydrogen-bond donors (Lipinski definition) is 0. The van der Waals surface area contributed by atoms with Gasteiger partial charge in [0.15, 0.2) is 0 Å². The molecule has 0 fully saturated rings. The molecular formula is C21H17F3N2O4S. The monoisotopic (exact) mass is 450 g/mol. The fourth-order valence-corrected chi connectivity index (χ4v) is 4.25. The summed E-state index contributed by atoms with van der Waals surface area (Å²) in [5.41, 5.74) is -1.09. The Balaban J connectivity index is 1.89. The number of nitrogens with zero attached hydrogens (tertiary/aromatic N) is 2. The van der Waals surface area contributed by atoms with E-state index in [1.54, 1.807) is 18.2 Å². The van der Waals surface area contributed by atoms with E-state index in [-0.39, 0.29) is 35.3 Å². The van der Waals surface area contributed by atoms with Crippen LogP contribution in [0.15, 0.2) is 62.6 Å². The van der Waals surface area contributed by atoms with Crippen molar-refractivity contribution in [1.82, 2.24) is 4.31 Å². The van der Waals surface area contributed by atoms with Crippen molar-refractivity contribution < 1.29 is 26.0 Å². The van der Waals surface area contributed by atoms with Crippen LogP contribution in [0.2, 0.25) is 0 Å². The highest BCUT2D eigenvalue weighted by molar-refractivity contribution is 7.89. The molecule has 0 N–H and O–H groups in total. The summed E-state index contributed by atoms with van der Waals surface area (Å²) in [6.45, 7) is 0.0648. The smallest absolute Gasteiger partial charge is 0.417 e. The van der Waals surface area contributed by atoms with Gasteiger partial charge in [-0.3, -0.25) is 0 Å². The van der Waals surface area contributed by atoms with E-state index in [0.717, 1.165) is 4.31 Å². The molecule has 0 amide bonds. The zero-order valence-electron chi connectivity index (χ0n) is 16.3. The Hall–Kier alpha value is -3.16. The molecule has 0 spiro atoms. The molecule has 0 aliphatic heterocycles. The average Bonchev–Trinajstić information content (AvgIpc) is 2.71. The summed E-state index contributed by atoms with van der Waals surface area (Å²) in [5, 5.41) is 8.39. The zero-order valence-corrected chi connectivity index (χ0v) is 17.1. The second kappa shape index (κ2) is 8.53. The van der Waals surface area contributed by atoms with Crippen molar-refractivity contribution in [1.29, 1.82) is 5.26 Å². The van der Waals surface area contributed by atoms with E-state index in [2.05, 4.69) is 0 Å². The summed E-state index contributed by atoms with van der Waals surface area (Å²) in [6.07, 6.45) is -4.40. The molecule has 0 unspecified atom stereocenters. The van der Waals surface area contributed by atoms with Crippen molar-refractivity contribution in [2.45, 2.75) is 23.9 Å². The fourth-order valence-electron chi connectivity index (χ4n) is 3.08. The Morgan fingerprint density at radius 2 is 1.71 bits per heavy atom. The normalized spacial score (nSPS) is 12.3. The number of halogens is 3. The second-order valence-electron chi connectivity index (χ2n) is 6.86. The van der Waals surface area contributed by atoms with Gasteiger partial charge in [-0.2, -0.15) is 22.7 Å². The van der Waals surface area contributed by atoms with Gasteiger partial charge in [-0.1, -0.05) is 18.2 Å². The van der Waals surface area contributed by atoms with E-state index in [9.17, 15) is 26.4 Å². The first kappa shape index (κ1) is 22.5. The number of benzene rings is 2. The second-order valence-corrected chi connectivity index (χ2v) is 8.91. The molecule has 0 bridgehead atoms. The maximum atomic E-state index is 13.3. The first-order valence-electron chi connectivity index (χ1n) is 9.08. The Morgan fingerprint density at radius 3 is 2.32 bits per heavy atom. The minimum absolute atomic E-state index is 0.0522. The van der Waals surface area contributed by atoms with Gasteiger partial charge in [0, 0.05) is 31.5 Å². The van der Waals surface area contributed by atoms with Crippen molar-refractivity contribution in [3.8, 4) is 6.07 Å². The molecule has 0 atom stereocenters. The molecule has 162 valence electrons. The van der Waals surface area contributed by atoms with Crippen LogP contribution in [0.4, 0.5) is 13.2 Å². The Kier molecular flexibility index (Phi) is 6.20. The van der Waals surface area contributed by atoms with Crippen LogP contribution >= 0.6 is 0 Å². The minimum Gasteiger partial charge on any atom is -0.423 e. The van der Waals surface area contributed by atoms with Gasteiger partial charge in [-0.05, 0) is 41.8 Å². The molecular weight excluding hydrogens is 433 g/mol. The number of rotatable bonds is 6.